The van der Waals surface area contributed by atoms with Gasteiger partial charge in [0.1, 0.15) is 0 Å². The quantitative estimate of drug-likeness (QED) is 0.357. The fourth-order valence-corrected chi connectivity index (χ4v) is 1.39. The molecule has 0 fully saturated rings. The number of nitrogens with zero attached hydrogens (tertiary/aromatic N) is 1. The molecule has 0 saturated heterocycles. The molecule has 0 heterocycles. The first-order valence-corrected chi connectivity index (χ1v) is 5.09. The topological polar surface area (TPSA) is 55.7 Å². The van der Waals surface area contributed by atoms with Crippen molar-refractivity contribution in [2.24, 2.45) is 0 Å². The van der Waals surface area contributed by atoms with Crippen molar-refractivity contribution < 1.29 is 10.2 Å². The molecule has 0 aliphatic rings. The van der Waals surface area contributed by atoms with Gasteiger partial charge in [-0.25, -0.2) is 0 Å². The molecule has 4 nitrogen and oxygen atoms in total. The van der Waals surface area contributed by atoms with Gasteiger partial charge >= 0.3 is 0 Å². The van der Waals surface area contributed by atoms with E-state index in [1.807, 2.05) is 19.0 Å². The minimum absolute atomic E-state index is 0.139. The Bertz CT molecular complexity index is 342. The van der Waals surface area contributed by atoms with Crippen molar-refractivity contribution in [1.29, 1.82) is 0 Å². The lowest BCUT2D eigenvalue weighted by molar-refractivity contribution is 0.402. The van der Waals surface area contributed by atoms with Gasteiger partial charge in [0.2, 0.25) is 0 Å². The highest BCUT2D eigenvalue weighted by Crippen LogP contribution is 2.33. The van der Waals surface area contributed by atoms with Gasteiger partial charge in [0.25, 0.3) is 0 Å². The normalized spacial score (nSPS) is 10.7. The van der Waals surface area contributed by atoms with Gasteiger partial charge < -0.3 is 20.4 Å². The maximum Gasteiger partial charge on any atom is 0.159 e. The lowest BCUT2D eigenvalue weighted by atomic mass is 10.2. The van der Waals surface area contributed by atoms with E-state index in [4.69, 9.17) is 0 Å². The van der Waals surface area contributed by atoms with E-state index in [9.17, 15) is 10.2 Å². The molecule has 5 heteroatoms. The molecule has 1 rings (SSSR count). The predicted octanol–water partition coefficient (Wildman–Crippen LogP) is 1.36. The highest BCUT2D eigenvalue weighted by molar-refractivity contribution is 7.80. The molecule has 0 radical (unpaired) electrons. The first-order valence-electron chi connectivity index (χ1n) is 4.64. The van der Waals surface area contributed by atoms with Gasteiger partial charge in [-0.3, -0.25) is 0 Å². The number of thiol groups is 1. The average Bonchev–Trinajstić information content (AvgIpc) is 2.13. The molecule has 15 heavy (non-hydrogen) atoms. The number of hydrogen-bond acceptors (Lipinski definition) is 5. The van der Waals surface area contributed by atoms with Crippen molar-refractivity contribution in [1.82, 2.24) is 4.90 Å². The Kier molecular flexibility index (Phi) is 4.11. The summed E-state index contributed by atoms with van der Waals surface area (Å²) in [5.74, 6) is -0.293. The monoisotopic (exact) mass is 228 g/mol. The summed E-state index contributed by atoms with van der Waals surface area (Å²) in [5.41, 5.74) is 0.718. The van der Waals surface area contributed by atoms with Gasteiger partial charge in [0, 0.05) is 24.1 Å². The first-order chi connectivity index (χ1) is 7.00. The molecule has 0 aromatic heterocycles. The standard InChI is InChI=1S/C10H16N2O2S/c1-12(2)4-3-11-7-5-8(13)9(14)6-10(7)15/h5-6,11,13-15H,3-4H2,1-2H3. The van der Waals surface area contributed by atoms with Gasteiger partial charge in [0.05, 0.1) is 5.69 Å². The highest BCUT2D eigenvalue weighted by atomic mass is 32.1. The van der Waals surface area contributed by atoms with Crippen LogP contribution in [0.5, 0.6) is 11.5 Å². The number of hydrogen-bond donors (Lipinski definition) is 4. The van der Waals surface area contributed by atoms with Crippen LogP contribution in [0.4, 0.5) is 5.69 Å². The molecule has 0 bridgehead atoms. The summed E-state index contributed by atoms with van der Waals surface area (Å²) in [6, 6.07) is 2.88. The molecular formula is C10H16N2O2S. The van der Waals surface area contributed by atoms with Crippen molar-refractivity contribution in [3.63, 3.8) is 0 Å². The Labute approximate surface area is 94.9 Å². The lowest BCUT2D eigenvalue weighted by Crippen LogP contribution is -2.20. The van der Waals surface area contributed by atoms with E-state index >= 15 is 0 Å². The van der Waals surface area contributed by atoms with Crippen molar-refractivity contribution >= 4 is 18.3 Å². The SMILES string of the molecule is CN(C)CCNc1cc(O)c(O)cc1S. The molecule has 0 atom stereocenters. The molecule has 3 N–H and O–H groups in total. The number of nitrogens with one attached hydrogen (secondary N) is 1. The van der Waals surface area contributed by atoms with Crippen LogP contribution < -0.4 is 5.32 Å². The number of anilines is 1. The van der Waals surface area contributed by atoms with E-state index in [0.717, 1.165) is 18.8 Å². The van der Waals surface area contributed by atoms with Crippen LogP contribution in [-0.4, -0.2) is 42.3 Å². The maximum absolute atomic E-state index is 9.30. The van der Waals surface area contributed by atoms with Crippen molar-refractivity contribution in [3.05, 3.63) is 12.1 Å². The number of benzene rings is 1. The highest BCUT2D eigenvalue weighted by Gasteiger charge is 2.05. The van der Waals surface area contributed by atoms with Crippen LogP contribution in [0.3, 0.4) is 0 Å². The fraction of sp³-hybridized carbons (Fsp3) is 0.400. The fourth-order valence-electron chi connectivity index (χ4n) is 1.12. The van der Waals surface area contributed by atoms with Crippen LogP contribution in [-0.2, 0) is 0 Å². The number of phenols is 2. The zero-order valence-corrected chi connectivity index (χ0v) is 9.75. The van der Waals surface area contributed by atoms with E-state index in [-0.39, 0.29) is 11.5 Å². The van der Waals surface area contributed by atoms with E-state index in [0.29, 0.717) is 4.90 Å². The molecule has 1 aromatic carbocycles. The Morgan fingerprint density at radius 1 is 1.27 bits per heavy atom. The minimum atomic E-state index is -0.154. The molecule has 0 amide bonds. The summed E-state index contributed by atoms with van der Waals surface area (Å²) in [5, 5.41) is 21.6. The van der Waals surface area contributed by atoms with E-state index in [1.54, 1.807) is 0 Å². The number of aromatic hydroxyl groups is 2. The molecular weight excluding hydrogens is 212 g/mol. The molecule has 0 saturated carbocycles. The van der Waals surface area contributed by atoms with Crippen molar-refractivity contribution in [3.8, 4) is 11.5 Å². The molecule has 0 unspecified atom stereocenters. The van der Waals surface area contributed by atoms with Gasteiger partial charge in [-0.1, -0.05) is 0 Å². The first kappa shape index (κ1) is 12.0. The van der Waals surface area contributed by atoms with Crippen LogP contribution in [0.2, 0.25) is 0 Å². The number of likely N-dealkylation sites (N-methyl/N-ethyl adjacent to an activating group) is 1. The third-order valence-corrected chi connectivity index (χ3v) is 2.34. The second-order valence-corrected chi connectivity index (χ2v) is 4.07. The van der Waals surface area contributed by atoms with E-state index in [1.165, 1.54) is 12.1 Å². The Morgan fingerprint density at radius 3 is 2.47 bits per heavy atom. The zero-order chi connectivity index (χ0) is 11.4. The minimum Gasteiger partial charge on any atom is -0.504 e. The summed E-state index contributed by atoms with van der Waals surface area (Å²) in [6.45, 7) is 1.64. The zero-order valence-electron chi connectivity index (χ0n) is 8.86. The van der Waals surface area contributed by atoms with Gasteiger partial charge in [-0.15, -0.1) is 12.6 Å². The van der Waals surface area contributed by atoms with Crippen LogP contribution in [0, 0.1) is 0 Å². The van der Waals surface area contributed by atoms with Crippen LogP contribution >= 0.6 is 12.6 Å². The van der Waals surface area contributed by atoms with E-state index < -0.39 is 0 Å². The molecule has 0 spiro atoms. The predicted molar refractivity (Wildman–Crippen MR) is 64.1 cm³/mol. The van der Waals surface area contributed by atoms with Gasteiger partial charge in [-0.2, -0.15) is 0 Å². The summed E-state index contributed by atoms with van der Waals surface area (Å²) in [7, 11) is 3.97. The third-order valence-electron chi connectivity index (χ3n) is 1.97. The lowest BCUT2D eigenvalue weighted by Gasteiger charge is -2.13. The number of phenolic OH excluding ortho intramolecular Hbond substituents is 2. The third kappa shape index (κ3) is 3.53. The second kappa shape index (κ2) is 5.14. The van der Waals surface area contributed by atoms with E-state index in [2.05, 4.69) is 17.9 Å². The Hall–Kier alpha value is -1.07. The molecule has 84 valence electrons. The molecule has 1 aromatic rings. The average molecular weight is 228 g/mol. The van der Waals surface area contributed by atoms with Crippen molar-refractivity contribution in [2.75, 3.05) is 32.5 Å². The second-order valence-electron chi connectivity index (χ2n) is 3.59. The largest absolute Gasteiger partial charge is 0.504 e. The number of rotatable bonds is 4. The summed E-state index contributed by atoms with van der Waals surface area (Å²) in [6.07, 6.45) is 0. The van der Waals surface area contributed by atoms with Crippen LogP contribution in [0.15, 0.2) is 17.0 Å². The smallest absolute Gasteiger partial charge is 0.159 e. The summed E-state index contributed by atoms with van der Waals surface area (Å²) >= 11 is 4.19. The van der Waals surface area contributed by atoms with Crippen LogP contribution in [0.1, 0.15) is 0 Å². The maximum atomic E-state index is 9.30. The Balaban J connectivity index is 2.65. The van der Waals surface area contributed by atoms with Gasteiger partial charge in [0.15, 0.2) is 11.5 Å². The Morgan fingerprint density at radius 2 is 1.87 bits per heavy atom. The summed E-state index contributed by atoms with van der Waals surface area (Å²) < 4.78 is 0. The van der Waals surface area contributed by atoms with Gasteiger partial charge in [-0.05, 0) is 20.2 Å². The van der Waals surface area contributed by atoms with Crippen molar-refractivity contribution in [2.45, 2.75) is 4.90 Å². The molecule has 0 aliphatic heterocycles. The van der Waals surface area contributed by atoms with Crippen LogP contribution in [0.25, 0.3) is 0 Å². The summed E-state index contributed by atoms with van der Waals surface area (Å²) in [4.78, 5) is 2.66. The molecule has 0 aliphatic carbocycles.